The monoisotopic (exact) mass is 216 g/mol. The molecule has 82 valence electrons. The highest BCUT2D eigenvalue weighted by atomic mass is 19.1. The molecular weight excluding hydrogens is 205 g/mol. The van der Waals surface area contributed by atoms with E-state index < -0.39 is 24.2 Å². The zero-order valence-electron chi connectivity index (χ0n) is 8.20. The lowest BCUT2D eigenvalue weighted by Gasteiger charge is -2.08. The Morgan fingerprint density at radius 3 is 2.47 bits per heavy atom. The molecule has 0 heterocycles. The molecule has 0 spiro atoms. The van der Waals surface area contributed by atoms with Crippen molar-refractivity contribution in [2.45, 2.75) is 13.3 Å². The molecule has 0 bridgehead atoms. The van der Waals surface area contributed by atoms with E-state index in [1.54, 1.807) is 0 Å². The largest absolute Gasteiger partial charge is 0.491 e. The van der Waals surface area contributed by atoms with E-state index in [1.165, 1.54) is 0 Å². The highest BCUT2D eigenvalue weighted by molar-refractivity contribution is 6.58. The first-order chi connectivity index (χ1) is 7.06. The Balaban J connectivity index is 2.97. The van der Waals surface area contributed by atoms with E-state index in [9.17, 15) is 8.78 Å². The zero-order valence-corrected chi connectivity index (χ0v) is 8.20. The third-order valence-corrected chi connectivity index (χ3v) is 1.79. The number of rotatable bonds is 4. The average Bonchev–Trinajstić information content (AvgIpc) is 2.18. The van der Waals surface area contributed by atoms with Crippen molar-refractivity contribution >= 4 is 12.6 Å². The number of benzene rings is 1. The first kappa shape index (κ1) is 11.9. The lowest BCUT2D eigenvalue weighted by Crippen LogP contribution is -2.33. The van der Waals surface area contributed by atoms with Crippen molar-refractivity contribution < 1.29 is 23.6 Å². The van der Waals surface area contributed by atoms with E-state index >= 15 is 0 Å². The first-order valence-electron chi connectivity index (χ1n) is 4.54. The molecule has 1 aromatic rings. The minimum Gasteiger partial charge on any atom is -0.490 e. The van der Waals surface area contributed by atoms with Gasteiger partial charge in [-0.05, 0) is 12.5 Å². The summed E-state index contributed by atoms with van der Waals surface area (Å²) in [6.07, 6.45) is 0.672. The Kier molecular flexibility index (Phi) is 4.05. The summed E-state index contributed by atoms with van der Waals surface area (Å²) in [5, 5.41) is 17.4. The van der Waals surface area contributed by atoms with Crippen LogP contribution in [0.2, 0.25) is 0 Å². The van der Waals surface area contributed by atoms with Gasteiger partial charge in [-0.3, -0.25) is 0 Å². The Hall–Kier alpha value is -1.14. The van der Waals surface area contributed by atoms with Crippen LogP contribution in [-0.4, -0.2) is 23.8 Å². The Labute approximate surface area is 86.5 Å². The maximum atomic E-state index is 13.2. The fourth-order valence-electron chi connectivity index (χ4n) is 1.06. The van der Waals surface area contributed by atoms with Gasteiger partial charge in [-0.2, -0.15) is 0 Å². The maximum Gasteiger partial charge on any atom is 0.491 e. The molecule has 0 fully saturated rings. The lowest BCUT2D eigenvalue weighted by molar-refractivity contribution is 0.299. The molecule has 0 aromatic heterocycles. The molecule has 0 saturated carbocycles. The van der Waals surface area contributed by atoms with Crippen LogP contribution in [0.15, 0.2) is 12.1 Å². The van der Waals surface area contributed by atoms with Crippen molar-refractivity contribution in [2.24, 2.45) is 0 Å². The van der Waals surface area contributed by atoms with Gasteiger partial charge >= 0.3 is 7.12 Å². The van der Waals surface area contributed by atoms with Crippen LogP contribution < -0.4 is 10.2 Å². The Morgan fingerprint density at radius 2 is 1.93 bits per heavy atom. The molecule has 15 heavy (non-hydrogen) atoms. The van der Waals surface area contributed by atoms with Crippen LogP contribution in [-0.2, 0) is 0 Å². The SMILES string of the molecule is CCCOc1cc(F)c(B(O)O)cc1F. The summed E-state index contributed by atoms with van der Waals surface area (Å²) in [6, 6.07) is 1.52. The van der Waals surface area contributed by atoms with Gasteiger partial charge in [0.25, 0.3) is 0 Å². The standard InChI is InChI=1S/C9H11BF2O3/c1-2-3-15-9-5-7(11)6(10(13)14)4-8(9)12/h4-5,13-14H,2-3H2,1H3. The van der Waals surface area contributed by atoms with Gasteiger partial charge in [0.15, 0.2) is 11.6 Å². The van der Waals surface area contributed by atoms with E-state index in [0.29, 0.717) is 12.5 Å². The van der Waals surface area contributed by atoms with Gasteiger partial charge in [-0.25, -0.2) is 8.78 Å². The third-order valence-electron chi connectivity index (χ3n) is 1.79. The van der Waals surface area contributed by atoms with Crippen LogP contribution >= 0.6 is 0 Å². The second kappa shape index (κ2) is 5.09. The molecule has 1 rings (SSSR count). The molecule has 2 N–H and O–H groups in total. The lowest BCUT2D eigenvalue weighted by atomic mass is 9.80. The van der Waals surface area contributed by atoms with E-state index in [0.717, 1.165) is 6.07 Å². The summed E-state index contributed by atoms with van der Waals surface area (Å²) in [6.45, 7) is 2.11. The fraction of sp³-hybridized carbons (Fsp3) is 0.333. The highest BCUT2D eigenvalue weighted by Gasteiger charge is 2.20. The van der Waals surface area contributed by atoms with Crippen LogP contribution in [0, 0.1) is 11.6 Å². The summed E-state index contributed by atoms with van der Waals surface area (Å²) in [5.74, 6) is -1.94. The summed E-state index contributed by atoms with van der Waals surface area (Å²) < 4.78 is 31.3. The Bertz CT molecular complexity index is 344. The molecule has 0 aliphatic heterocycles. The van der Waals surface area contributed by atoms with Crippen LogP contribution in [0.4, 0.5) is 8.78 Å². The predicted octanol–water partition coefficient (Wildman–Crippen LogP) is 0.433. The topological polar surface area (TPSA) is 49.7 Å². The van der Waals surface area contributed by atoms with Crippen molar-refractivity contribution in [3.05, 3.63) is 23.8 Å². The molecular formula is C9H11BF2O3. The second-order valence-corrected chi connectivity index (χ2v) is 3.03. The minimum atomic E-state index is -2.03. The summed E-state index contributed by atoms with van der Waals surface area (Å²) >= 11 is 0. The smallest absolute Gasteiger partial charge is 0.490 e. The quantitative estimate of drug-likeness (QED) is 0.717. The molecule has 0 amide bonds. The van der Waals surface area contributed by atoms with E-state index in [1.807, 2.05) is 6.92 Å². The van der Waals surface area contributed by atoms with E-state index in [2.05, 4.69) is 0 Å². The molecule has 0 unspecified atom stereocenters. The first-order valence-corrected chi connectivity index (χ1v) is 4.54. The normalized spacial score (nSPS) is 10.2. The molecule has 0 saturated heterocycles. The number of hydrogen-bond acceptors (Lipinski definition) is 3. The van der Waals surface area contributed by atoms with Crippen LogP contribution in [0.5, 0.6) is 5.75 Å². The molecule has 1 aromatic carbocycles. The average molecular weight is 216 g/mol. The molecule has 6 heteroatoms. The van der Waals surface area contributed by atoms with Crippen LogP contribution in [0.1, 0.15) is 13.3 Å². The van der Waals surface area contributed by atoms with Gasteiger partial charge in [-0.15, -0.1) is 0 Å². The van der Waals surface area contributed by atoms with E-state index in [4.69, 9.17) is 14.8 Å². The highest BCUT2D eigenvalue weighted by Crippen LogP contribution is 2.17. The van der Waals surface area contributed by atoms with Crippen LogP contribution in [0.3, 0.4) is 0 Å². The molecule has 0 aliphatic carbocycles. The van der Waals surface area contributed by atoms with Gasteiger partial charge in [0, 0.05) is 11.5 Å². The molecule has 0 aliphatic rings. The maximum absolute atomic E-state index is 13.2. The number of ether oxygens (including phenoxy) is 1. The molecule has 0 atom stereocenters. The van der Waals surface area contributed by atoms with Crippen molar-refractivity contribution in [2.75, 3.05) is 6.61 Å². The summed E-state index contributed by atoms with van der Waals surface area (Å²) in [7, 11) is -2.03. The van der Waals surface area contributed by atoms with Crippen molar-refractivity contribution in [3.8, 4) is 5.75 Å². The van der Waals surface area contributed by atoms with E-state index in [-0.39, 0.29) is 12.4 Å². The number of hydrogen-bond donors (Lipinski definition) is 2. The summed E-state index contributed by atoms with van der Waals surface area (Å²) in [4.78, 5) is 0. The molecule has 3 nitrogen and oxygen atoms in total. The van der Waals surface area contributed by atoms with Crippen molar-refractivity contribution in [1.29, 1.82) is 0 Å². The third kappa shape index (κ3) is 2.90. The van der Waals surface area contributed by atoms with Crippen molar-refractivity contribution in [3.63, 3.8) is 0 Å². The number of halogens is 2. The van der Waals surface area contributed by atoms with Crippen LogP contribution in [0.25, 0.3) is 0 Å². The van der Waals surface area contributed by atoms with Gasteiger partial charge in [0.05, 0.1) is 6.61 Å². The fourth-order valence-corrected chi connectivity index (χ4v) is 1.06. The van der Waals surface area contributed by atoms with Gasteiger partial charge in [0.1, 0.15) is 5.82 Å². The van der Waals surface area contributed by atoms with Gasteiger partial charge < -0.3 is 14.8 Å². The van der Waals surface area contributed by atoms with Gasteiger partial charge in [-0.1, -0.05) is 6.92 Å². The summed E-state index contributed by atoms with van der Waals surface area (Å²) in [5.41, 5.74) is -0.503. The predicted molar refractivity (Wildman–Crippen MR) is 52.0 cm³/mol. The zero-order chi connectivity index (χ0) is 11.4. The minimum absolute atomic E-state index is 0.223. The van der Waals surface area contributed by atoms with Crippen molar-refractivity contribution in [1.82, 2.24) is 0 Å². The van der Waals surface area contributed by atoms with Gasteiger partial charge in [0.2, 0.25) is 0 Å². The molecule has 0 radical (unpaired) electrons. The Morgan fingerprint density at radius 1 is 1.27 bits per heavy atom. The second-order valence-electron chi connectivity index (χ2n) is 3.03.